The van der Waals surface area contributed by atoms with Gasteiger partial charge in [-0.1, -0.05) is 17.3 Å². The molecule has 0 aliphatic rings. The number of aromatic nitrogens is 1. The lowest BCUT2D eigenvalue weighted by molar-refractivity contribution is -0.274. The van der Waals surface area contributed by atoms with Crippen LogP contribution < -0.4 is 4.74 Å². The summed E-state index contributed by atoms with van der Waals surface area (Å²) in [6.45, 7) is 0.151. The number of benzene rings is 1. The Bertz CT molecular complexity index is 658. The monoisotopic (exact) mass is 330 g/mol. The van der Waals surface area contributed by atoms with Crippen LogP contribution in [0.1, 0.15) is 17.3 Å². The highest BCUT2D eigenvalue weighted by molar-refractivity contribution is 5.75. The average Bonchev–Trinajstić information content (AvgIpc) is 2.89. The Morgan fingerprint density at radius 3 is 2.74 bits per heavy atom. The fourth-order valence-corrected chi connectivity index (χ4v) is 2.13. The van der Waals surface area contributed by atoms with Crippen molar-refractivity contribution in [3.05, 3.63) is 47.9 Å². The van der Waals surface area contributed by atoms with Gasteiger partial charge in [-0.3, -0.25) is 9.69 Å². The Hall–Kier alpha value is -2.55. The second kappa shape index (κ2) is 6.69. The molecule has 0 aliphatic carbocycles. The fraction of sp³-hybridized carbons (Fsp3) is 0.286. The maximum absolute atomic E-state index is 12.3. The number of alkyl halides is 3. The van der Waals surface area contributed by atoms with Crippen molar-refractivity contribution in [2.45, 2.75) is 18.9 Å². The van der Waals surface area contributed by atoms with Crippen LogP contribution in [0.4, 0.5) is 13.2 Å². The van der Waals surface area contributed by atoms with Gasteiger partial charge in [0.2, 0.25) is 0 Å². The second-order valence-electron chi connectivity index (χ2n) is 4.77. The quantitative estimate of drug-likeness (QED) is 0.878. The Kier molecular flexibility index (Phi) is 4.89. The number of rotatable bonds is 6. The minimum absolute atomic E-state index is 0.151. The van der Waals surface area contributed by atoms with Crippen molar-refractivity contribution in [1.29, 1.82) is 0 Å². The van der Waals surface area contributed by atoms with Crippen LogP contribution in [-0.2, 0) is 11.3 Å². The van der Waals surface area contributed by atoms with Crippen molar-refractivity contribution in [2.75, 3.05) is 7.05 Å². The normalized spacial score (nSPS) is 13.1. The zero-order valence-corrected chi connectivity index (χ0v) is 11.9. The van der Waals surface area contributed by atoms with Crippen LogP contribution >= 0.6 is 0 Å². The second-order valence-corrected chi connectivity index (χ2v) is 4.77. The van der Waals surface area contributed by atoms with Gasteiger partial charge < -0.3 is 14.4 Å². The Morgan fingerprint density at radius 1 is 1.43 bits per heavy atom. The van der Waals surface area contributed by atoms with E-state index in [1.54, 1.807) is 6.07 Å². The van der Waals surface area contributed by atoms with Crippen LogP contribution in [0.15, 0.2) is 41.1 Å². The number of hydrogen-bond donors (Lipinski definition) is 1. The minimum Gasteiger partial charge on any atom is -0.480 e. The lowest BCUT2D eigenvalue weighted by atomic mass is 10.1. The number of hydrogen-bond acceptors (Lipinski definition) is 5. The van der Waals surface area contributed by atoms with Crippen LogP contribution in [0.5, 0.6) is 5.75 Å². The molecule has 1 heterocycles. The highest BCUT2D eigenvalue weighted by Gasteiger charge is 2.32. The summed E-state index contributed by atoms with van der Waals surface area (Å²) in [4.78, 5) is 12.9. The summed E-state index contributed by atoms with van der Waals surface area (Å²) in [5.41, 5.74) is 0.659. The van der Waals surface area contributed by atoms with Crippen molar-refractivity contribution < 1.29 is 32.3 Å². The summed E-state index contributed by atoms with van der Waals surface area (Å²) >= 11 is 0. The van der Waals surface area contributed by atoms with Gasteiger partial charge in [-0.15, -0.1) is 13.2 Å². The van der Waals surface area contributed by atoms with Gasteiger partial charge in [0.25, 0.3) is 0 Å². The molecule has 0 bridgehead atoms. The molecule has 1 aromatic heterocycles. The molecule has 0 saturated heterocycles. The number of carbonyl (C=O) groups is 1. The summed E-state index contributed by atoms with van der Waals surface area (Å²) in [7, 11) is 1.52. The summed E-state index contributed by atoms with van der Waals surface area (Å²) in [5, 5.41) is 13.1. The van der Waals surface area contributed by atoms with Gasteiger partial charge >= 0.3 is 12.3 Å². The smallest absolute Gasteiger partial charge is 0.480 e. The molecule has 0 aliphatic heterocycles. The van der Waals surface area contributed by atoms with Crippen LogP contribution in [0.25, 0.3) is 0 Å². The molecular formula is C14H13F3N2O4. The van der Waals surface area contributed by atoms with Gasteiger partial charge in [0.1, 0.15) is 18.1 Å². The third-order valence-corrected chi connectivity index (χ3v) is 2.98. The first-order chi connectivity index (χ1) is 10.8. The van der Waals surface area contributed by atoms with E-state index in [0.717, 1.165) is 12.1 Å². The van der Waals surface area contributed by atoms with E-state index in [0.29, 0.717) is 5.69 Å². The van der Waals surface area contributed by atoms with Gasteiger partial charge in [0, 0.05) is 12.6 Å². The molecule has 6 nitrogen and oxygen atoms in total. The zero-order chi connectivity index (χ0) is 17.0. The molecule has 23 heavy (non-hydrogen) atoms. The van der Waals surface area contributed by atoms with Crippen LogP contribution in [0, 0.1) is 0 Å². The topological polar surface area (TPSA) is 75.8 Å². The SMILES string of the molecule is CN(Cc1ccon1)[C@H](C(=O)O)c1cccc(OC(F)(F)F)c1. The minimum atomic E-state index is -4.84. The van der Waals surface area contributed by atoms with E-state index in [4.69, 9.17) is 0 Å². The highest BCUT2D eigenvalue weighted by atomic mass is 19.4. The lowest BCUT2D eigenvalue weighted by Gasteiger charge is -2.24. The van der Waals surface area contributed by atoms with E-state index in [9.17, 15) is 23.1 Å². The molecule has 0 saturated carbocycles. The number of carboxylic acid groups (broad SMARTS) is 1. The van der Waals surface area contributed by atoms with E-state index in [1.165, 1.54) is 30.3 Å². The third kappa shape index (κ3) is 4.71. The summed E-state index contributed by atoms with van der Waals surface area (Å²) in [6.07, 6.45) is -3.50. The third-order valence-electron chi connectivity index (χ3n) is 2.98. The summed E-state index contributed by atoms with van der Waals surface area (Å²) in [5.74, 6) is -1.68. The van der Waals surface area contributed by atoms with Gasteiger partial charge in [-0.25, -0.2) is 0 Å². The molecule has 1 aromatic carbocycles. The molecule has 0 unspecified atom stereocenters. The molecule has 124 valence electrons. The number of nitrogens with zero attached hydrogens (tertiary/aromatic N) is 2. The van der Waals surface area contributed by atoms with Crippen LogP contribution in [-0.4, -0.2) is 34.5 Å². The molecule has 0 fully saturated rings. The van der Waals surface area contributed by atoms with Crippen LogP contribution in [0.2, 0.25) is 0 Å². The van der Waals surface area contributed by atoms with E-state index >= 15 is 0 Å². The first kappa shape index (κ1) is 16.8. The molecular weight excluding hydrogens is 317 g/mol. The van der Waals surface area contributed by atoms with Gasteiger partial charge in [0.05, 0.1) is 5.69 Å². The van der Waals surface area contributed by atoms with E-state index in [1.807, 2.05) is 0 Å². The molecule has 1 N–H and O–H groups in total. The van der Waals surface area contributed by atoms with Gasteiger partial charge in [0.15, 0.2) is 0 Å². The number of aliphatic carboxylic acids is 1. The summed E-state index contributed by atoms with van der Waals surface area (Å²) in [6, 6.07) is 5.28. The van der Waals surface area contributed by atoms with E-state index < -0.39 is 24.1 Å². The Balaban J connectivity index is 2.23. The van der Waals surface area contributed by atoms with Crippen LogP contribution in [0.3, 0.4) is 0 Å². The average molecular weight is 330 g/mol. The number of ether oxygens (including phenoxy) is 1. The van der Waals surface area contributed by atoms with Gasteiger partial charge in [-0.05, 0) is 24.7 Å². The maximum atomic E-state index is 12.3. The molecule has 0 spiro atoms. The molecule has 0 amide bonds. The number of carboxylic acids is 1. The van der Waals surface area contributed by atoms with E-state index in [-0.39, 0.29) is 12.1 Å². The zero-order valence-electron chi connectivity index (χ0n) is 11.9. The maximum Gasteiger partial charge on any atom is 0.573 e. The number of likely N-dealkylation sites (N-methyl/N-ethyl adjacent to an activating group) is 1. The van der Waals surface area contributed by atoms with Gasteiger partial charge in [-0.2, -0.15) is 0 Å². The summed E-state index contributed by atoms with van der Waals surface area (Å²) < 4.78 is 45.3. The van der Waals surface area contributed by atoms with Crippen molar-refractivity contribution in [2.24, 2.45) is 0 Å². The first-order valence-electron chi connectivity index (χ1n) is 6.44. The molecule has 2 aromatic rings. The lowest BCUT2D eigenvalue weighted by Crippen LogP contribution is -2.30. The fourth-order valence-electron chi connectivity index (χ4n) is 2.13. The van der Waals surface area contributed by atoms with Crippen molar-refractivity contribution >= 4 is 5.97 Å². The highest BCUT2D eigenvalue weighted by Crippen LogP contribution is 2.28. The Labute approximate surface area is 129 Å². The molecule has 2 rings (SSSR count). The first-order valence-corrected chi connectivity index (χ1v) is 6.44. The van der Waals surface area contributed by atoms with E-state index in [2.05, 4.69) is 14.4 Å². The van der Waals surface area contributed by atoms with Crippen molar-refractivity contribution in [3.8, 4) is 5.75 Å². The Morgan fingerprint density at radius 2 is 2.17 bits per heavy atom. The molecule has 9 heteroatoms. The van der Waals surface area contributed by atoms with Crippen molar-refractivity contribution in [3.63, 3.8) is 0 Å². The number of halogens is 3. The largest absolute Gasteiger partial charge is 0.573 e. The molecule has 1 atom stereocenters. The predicted octanol–water partition coefficient (Wildman–Crippen LogP) is 2.83. The standard InChI is InChI=1S/C14H13F3N2O4/c1-19(8-10-5-6-22-18-10)12(13(20)21)9-3-2-4-11(7-9)23-14(15,16)17/h2-7,12H,8H2,1H3,(H,20,21)/t12-/m0/s1. The molecule has 0 radical (unpaired) electrons. The predicted molar refractivity (Wildman–Crippen MR) is 71.5 cm³/mol. The van der Waals surface area contributed by atoms with Crippen molar-refractivity contribution in [1.82, 2.24) is 10.1 Å².